The van der Waals surface area contributed by atoms with E-state index in [0.29, 0.717) is 0 Å². The van der Waals surface area contributed by atoms with Gasteiger partial charge in [-0.1, -0.05) is 0 Å². The SMILES string of the molecule is O=C(CCl)OCCO. The summed E-state index contributed by atoms with van der Waals surface area (Å²) in [6, 6.07) is 0. The van der Waals surface area contributed by atoms with E-state index in [1.807, 2.05) is 0 Å². The molecule has 48 valence electrons. The molecule has 0 saturated carbocycles. The van der Waals surface area contributed by atoms with Crippen LogP contribution in [-0.2, 0) is 9.53 Å². The molecule has 0 atom stereocenters. The molecule has 0 aliphatic heterocycles. The molecule has 1 N–H and O–H groups in total. The van der Waals surface area contributed by atoms with Crippen molar-refractivity contribution in [3.8, 4) is 0 Å². The van der Waals surface area contributed by atoms with Crippen LogP contribution in [0.4, 0.5) is 0 Å². The zero-order valence-electron chi connectivity index (χ0n) is 4.26. The average Bonchev–Trinajstić information content (AvgIpc) is 1.83. The Kier molecular flexibility index (Phi) is 4.70. The van der Waals surface area contributed by atoms with Crippen LogP contribution >= 0.6 is 11.6 Å². The Morgan fingerprint density at radius 1 is 1.75 bits per heavy atom. The van der Waals surface area contributed by atoms with Crippen LogP contribution < -0.4 is 0 Å². The molecule has 0 spiro atoms. The number of carbonyl (C=O) groups excluding carboxylic acids is 1. The number of aliphatic hydroxyl groups excluding tert-OH is 1. The molecule has 0 unspecified atom stereocenters. The van der Waals surface area contributed by atoms with Crippen LogP contribution in [0.1, 0.15) is 0 Å². The van der Waals surface area contributed by atoms with E-state index in [0.717, 1.165) is 0 Å². The molecule has 0 heterocycles. The number of aliphatic hydroxyl groups is 1. The van der Waals surface area contributed by atoms with Gasteiger partial charge >= 0.3 is 5.97 Å². The summed E-state index contributed by atoms with van der Waals surface area (Å²) in [5.41, 5.74) is 0. The lowest BCUT2D eigenvalue weighted by Crippen LogP contribution is -2.08. The lowest BCUT2D eigenvalue weighted by atomic mass is 10.7. The number of hydrogen-bond acceptors (Lipinski definition) is 3. The summed E-state index contributed by atoms with van der Waals surface area (Å²) in [4.78, 5) is 10.1. The molecule has 4 heteroatoms. The van der Waals surface area contributed by atoms with Crippen LogP contribution in [0.15, 0.2) is 0 Å². The second-order valence-corrected chi connectivity index (χ2v) is 1.34. The molecule has 0 radical (unpaired) electrons. The van der Waals surface area contributed by atoms with Gasteiger partial charge in [-0.2, -0.15) is 0 Å². The second kappa shape index (κ2) is 4.87. The third-order valence-corrected chi connectivity index (χ3v) is 0.682. The maximum atomic E-state index is 10.1. The number of hydrogen-bond donors (Lipinski definition) is 1. The van der Waals surface area contributed by atoms with Crippen molar-refractivity contribution in [2.24, 2.45) is 0 Å². The molecule has 0 aromatic carbocycles. The maximum Gasteiger partial charge on any atom is 0.320 e. The molecule has 8 heavy (non-hydrogen) atoms. The number of ether oxygens (including phenoxy) is 1. The van der Waals surface area contributed by atoms with Gasteiger partial charge in [0.05, 0.1) is 6.61 Å². The summed E-state index contributed by atoms with van der Waals surface area (Å²) in [5, 5.41) is 8.09. The molecule has 3 nitrogen and oxygen atoms in total. The van der Waals surface area contributed by atoms with E-state index in [1.165, 1.54) is 0 Å². The van der Waals surface area contributed by atoms with E-state index in [-0.39, 0.29) is 19.1 Å². The monoisotopic (exact) mass is 138 g/mol. The van der Waals surface area contributed by atoms with Crippen LogP contribution in [0, 0.1) is 0 Å². The highest BCUT2D eigenvalue weighted by molar-refractivity contribution is 6.26. The fraction of sp³-hybridized carbons (Fsp3) is 0.750. The number of rotatable bonds is 3. The van der Waals surface area contributed by atoms with Crippen molar-refractivity contribution in [2.75, 3.05) is 19.1 Å². The summed E-state index contributed by atoms with van der Waals surface area (Å²) in [5.74, 6) is -0.652. The Morgan fingerprint density at radius 3 is 2.75 bits per heavy atom. The summed E-state index contributed by atoms with van der Waals surface area (Å²) in [6.07, 6.45) is 0. The summed E-state index contributed by atoms with van der Waals surface area (Å²) in [6.45, 7) is -0.117. The predicted molar refractivity (Wildman–Crippen MR) is 28.8 cm³/mol. The molecular formula is C4H7ClO3. The van der Waals surface area contributed by atoms with Crippen molar-refractivity contribution in [3.05, 3.63) is 0 Å². The zero-order valence-corrected chi connectivity index (χ0v) is 5.02. The standard InChI is InChI=1S/C4H7ClO3/c5-3-4(7)8-2-1-6/h6H,1-3H2. The number of halogens is 1. The predicted octanol–water partition coefficient (Wildman–Crippen LogP) is -0.239. The van der Waals surface area contributed by atoms with Gasteiger partial charge in [-0.05, 0) is 0 Å². The highest BCUT2D eigenvalue weighted by atomic mass is 35.5. The van der Waals surface area contributed by atoms with Gasteiger partial charge in [0.1, 0.15) is 12.5 Å². The minimum Gasteiger partial charge on any atom is -0.462 e. The van der Waals surface area contributed by atoms with Crippen molar-refractivity contribution in [2.45, 2.75) is 0 Å². The first-order valence-electron chi connectivity index (χ1n) is 2.13. The van der Waals surface area contributed by atoms with Gasteiger partial charge in [0.25, 0.3) is 0 Å². The fourth-order valence-electron chi connectivity index (χ4n) is 0.198. The molecule has 0 saturated heterocycles. The number of esters is 1. The zero-order chi connectivity index (χ0) is 6.41. The summed E-state index contributed by atoms with van der Waals surface area (Å²) >= 11 is 5.03. The van der Waals surface area contributed by atoms with E-state index >= 15 is 0 Å². The topological polar surface area (TPSA) is 46.5 Å². The number of carbonyl (C=O) groups is 1. The third-order valence-electron chi connectivity index (χ3n) is 0.463. The quantitative estimate of drug-likeness (QED) is 0.433. The van der Waals surface area contributed by atoms with Crippen LogP contribution in [0.3, 0.4) is 0 Å². The second-order valence-electron chi connectivity index (χ2n) is 1.08. The van der Waals surface area contributed by atoms with Gasteiger partial charge in [0.15, 0.2) is 0 Å². The molecule has 0 aromatic rings. The van der Waals surface area contributed by atoms with Crippen LogP contribution in [0.25, 0.3) is 0 Å². The maximum absolute atomic E-state index is 10.1. The van der Waals surface area contributed by atoms with Crippen molar-refractivity contribution in [1.29, 1.82) is 0 Å². The highest BCUT2D eigenvalue weighted by Gasteiger charge is 1.95. The molecule has 0 aliphatic carbocycles. The van der Waals surface area contributed by atoms with Gasteiger partial charge < -0.3 is 9.84 Å². The van der Waals surface area contributed by atoms with Gasteiger partial charge in [-0.3, -0.25) is 4.79 Å². The van der Waals surface area contributed by atoms with Crippen LogP contribution in [0.5, 0.6) is 0 Å². The third kappa shape index (κ3) is 3.89. The summed E-state index contributed by atoms with van der Waals surface area (Å²) in [7, 11) is 0. The largest absolute Gasteiger partial charge is 0.462 e. The normalized spacial score (nSPS) is 8.75. The molecule has 0 aliphatic rings. The van der Waals surface area contributed by atoms with Crippen LogP contribution in [-0.4, -0.2) is 30.2 Å². The first-order chi connectivity index (χ1) is 3.81. The van der Waals surface area contributed by atoms with Gasteiger partial charge in [-0.15, -0.1) is 11.6 Å². The molecule has 0 rings (SSSR count). The van der Waals surface area contributed by atoms with Crippen molar-refractivity contribution >= 4 is 17.6 Å². The summed E-state index contributed by atoms with van der Waals surface area (Å²) < 4.78 is 4.32. The van der Waals surface area contributed by atoms with Crippen LogP contribution in [0.2, 0.25) is 0 Å². The Morgan fingerprint density at radius 2 is 2.38 bits per heavy atom. The van der Waals surface area contributed by atoms with Crippen molar-refractivity contribution in [1.82, 2.24) is 0 Å². The van der Waals surface area contributed by atoms with E-state index in [4.69, 9.17) is 16.7 Å². The van der Waals surface area contributed by atoms with E-state index in [2.05, 4.69) is 4.74 Å². The fourth-order valence-corrected chi connectivity index (χ4v) is 0.275. The molecule has 0 bridgehead atoms. The lowest BCUT2D eigenvalue weighted by molar-refractivity contribution is -0.141. The van der Waals surface area contributed by atoms with E-state index in [1.54, 1.807) is 0 Å². The van der Waals surface area contributed by atoms with E-state index in [9.17, 15) is 4.79 Å². The average molecular weight is 139 g/mol. The highest BCUT2D eigenvalue weighted by Crippen LogP contribution is 1.80. The lowest BCUT2D eigenvalue weighted by Gasteiger charge is -1.95. The first kappa shape index (κ1) is 7.72. The molecule has 0 amide bonds. The Bertz CT molecular complexity index is 73.7. The molecular weight excluding hydrogens is 131 g/mol. The minimum absolute atomic E-state index is 0.0333. The molecule has 0 fully saturated rings. The smallest absolute Gasteiger partial charge is 0.320 e. The first-order valence-corrected chi connectivity index (χ1v) is 2.67. The Balaban J connectivity index is 2.99. The van der Waals surface area contributed by atoms with E-state index < -0.39 is 5.97 Å². The number of alkyl halides is 1. The molecule has 0 aromatic heterocycles. The minimum atomic E-state index is -0.499. The Labute approximate surface area is 52.2 Å². The van der Waals surface area contributed by atoms with Gasteiger partial charge in [0.2, 0.25) is 0 Å². The Hall–Kier alpha value is -0.280. The van der Waals surface area contributed by atoms with Gasteiger partial charge in [-0.25, -0.2) is 0 Å². The van der Waals surface area contributed by atoms with Crippen molar-refractivity contribution < 1.29 is 14.6 Å². The van der Waals surface area contributed by atoms with Crippen molar-refractivity contribution in [3.63, 3.8) is 0 Å². The van der Waals surface area contributed by atoms with Gasteiger partial charge in [0, 0.05) is 0 Å².